The van der Waals surface area contributed by atoms with E-state index in [1.54, 1.807) is 25.6 Å². The van der Waals surface area contributed by atoms with E-state index in [2.05, 4.69) is 0 Å². The predicted molar refractivity (Wildman–Crippen MR) is 79.2 cm³/mol. The van der Waals surface area contributed by atoms with E-state index in [0.29, 0.717) is 18.9 Å². The Hall–Kier alpha value is -0.310. The summed E-state index contributed by atoms with van der Waals surface area (Å²) in [6.45, 7) is 4.44. The van der Waals surface area contributed by atoms with E-state index in [0.717, 1.165) is 5.75 Å². The molecular formula is C12H22N2O4S2. The van der Waals surface area contributed by atoms with Crippen LogP contribution in [0.4, 0.5) is 0 Å². The second kappa shape index (κ2) is 5.82. The highest BCUT2D eigenvalue weighted by atomic mass is 32.2. The number of carbonyl (C=O) groups excluding carboxylic acids is 1. The van der Waals surface area contributed by atoms with Gasteiger partial charge in [0.25, 0.3) is 0 Å². The monoisotopic (exact) mass is 322 g/mol. The average Bonchev–Trinajstić information content (AvgIpc) is 2.79. The molecule has 0 spiro atoms. The van der Waals surface area contributed by atoms with Crippen molar-refractivity contribution in [3.8, 4) is 0 Å². The summed E-state index contributed by atoms with van der Waals surface area (Å²) in [5, 5.41) is -0.733. The first kappa shape index (κ1) is 16.1. The Kier molecular flexibility index (Phi) is 4.68. The molecule has 2 rings (SSSR count). The molecule has 0 aromatic heterocycles. The maximum Gasteiger partial charge on any atom is 0.233 e. The first-order chi connectivity index (χ1) is 9.33. The predicted octanol–water partition coefficient (Wildman–Crippen LogP) is -0.314. The first-order valence-corrected chi connectivity index (χ1v) is 9.63. The van der Waals surface area contributed by atoms with Crippen molar-refractivity contribution >= 4 is 27.5 Å². The van der Waals surface area contributed by atoms with Crippen molar-refractivity contribution in [2.45, 2.75) is 25.3 Å². The lowest BCUT2D eigenvalue weighted by molar-refractivity contribution is -0.142. The molecule has 0 aliphatic carbocycles. The highest BCUT2D eigenvalue weighted by molar-refractivity contribution is 8.01. The molecule has 20 heavy (non-hydrogen) atoms. The molecule has 2 aliphatic rings. The Morgan fingerprint density at radius 3 is 2.80 bits per heavy atom. The number of sulfone groups is 1. The van der Waals surface area contributed by atoms with Gasteiger partial charge >= 0.3 is 0 Å². The summed E-state index contributed by atoms with van der Waals surface area (Å²) in [5.74, 6) is 1.05. The molecule has 2 aliphatic heterocycles. The van der Waals surface area contributed by atoms with Gasteiger partial charge in [-0.3, -0.25) is 4.79 Å². The van der Waals surface area contributed by atoms with Gasteiger partial charge in [-0.15, -0.1) is 0 Å². The number of rotatable bonds is 3. The van der Waals surface area contributed by atoms with Crippen molar-refractivity contribution in [3.63, 3.8) is 0 Å². The number of ether oxygens (including phenoxy) is 1. The zero-order valence-electron chi connectivity index (χ0n) is 11.9. The molecule has 2 fully saturated rings. The highest BCUT2D eigenvalue weighted by Crippen LogP contribution is 2.33. The van der Waals surface area contributed by atoms with Crippen molar-refractivity contribution in [2.75, 3.05) is 37.0 Å². The SMILES string of the molecule is CCS(=O)(=O)C1CSCCN1C(=O)C1(C)COCC1N. The maximum absolute atomic E-state index is 12.8. The third kappa shape index (κ3) is 2.70. The molecule has 2 N–H and O–H groups in total. The third-order valence-corrected chi connectivity index (χ3v) is 7.46. The quantitative estimate of drug-likeness (QED) is 0.766. The summed E-state index contributed by atoms with van der Waals surface area (Å²) >= 11 is 1.57. The van der Waals surface area contributed by atoms with Crippen LogP contribution in [0.15, 0.2) is 0 Å². The molecular weight excluding hydrogens is 300 g/mol. The van der Waals surface area contributed by atoms with Crippen molar-refractivity contribution in [1.82, 2.24) is 4.90 Å². The van der Waals surface area contributed by atoms with E-state index in [9.17, 15) is 13.2 Å². The largest absolute Gasteiger partial charge is 0.379 e. The number of amides is 1. The van der Waals surface area contributed by atoms with Gasteiger partial charge in [0.2, 0.25) is 5.91 Å². The Morgan fingerprint density at radius 1 is 1.55 bits per heavy atom. The topological polar surface area (TPSA) is 89.7 Å². The lowest BCUT2D eigenvalue weighted by Gasteiger charge is -2.40. The van der Waals surface area contributed by atoms with Gasteiger partial charge in [-0.05, 0) is 6.92 Å². The van der Waals surface area contributed by atoms with Gasteiger partial charge in [-0.1, -0.05) is 6.92 Å². The molecule has 2 heterocycles. The number of carbonyl (C=O) groups is 1. The molecule has 2 saturated heterocycles. The van der Waals surface area contributed by atoms with Crippen LogP contribution in [-0.4, -0.2) is 67.7 Å². The Balaban J connectivity index is 2.27. The molecule has 1 amide bonds. The fourth-order valence-corrected chi connectivity index (χ4v) is 5.51. The second-order valence-corrected chi connectivity index (χ2v) is 9.12. The van der Waals surface area contributed by atoms with E-state index >= 15 is 0 Å². The van der Waals surface area contributed by atoms with Crippen molar-refractivity contribution in [3.05, 3.63) is 0 Å². The van der Waals surface area contributed by atoms with E-state index in [-0.39, 0.29) is 24.3 Å². The van der Waals surface area contributed by atoms with Gasteiger partial charge in [0.15, 0.2) is 9.84 Å². The summed E-state index contributed by atoms with van der Waals surface area (Å²) < 4.78 is 29.7. The fourth-order valence-electron chi connectivity index (χ4n) is 2.54. The number of hydrogen-bond donors (Lipinski definition) is 1. The van der Waals surface area contributed by atoms with Crippen LogP contribution < -0.4 is 5.73 Å². The molecule has 0 saturated carbocycles. The highest BCUT2D eigenvalue weighted by Gasteiger charge is 2.49. The van der Waals surface area contributed by atoms with Crippen LogP contribution in [0.2, 0.25) is 0 Å². The molecule has 3 unspecified atom stereocenters. The molecule has 0 bridgehead atoms. The summed E-state index contributed by atoms with van der Waals surface area (Å²) in [6.07, 6.45) is 0. The van der Waals surface area contributed by atoms with E-state index in [1.807, 2.05) is 0 Å². The Labute approximate surface area is 124 Å². The molecule has 0 radical (unpaired) electrons. The van der Waals surface area contributed by atoms with E-state index in [4.69, 9.17) is 10.5 Å². The van der Waals surface area contributed by atoms with Gasteiger partial charge in [0, 0.05) is 29.8 Å². The minimum absolute atomic E-state index is 0.0429. The number of hydrogen-bond acceptors (Lipinski definition) is 6. The summed E-state index contributed by atoms with van der Waals surface area (Å²) in [4.78, 5) is 14.3. The first-order valence-electron chi connectivity index (χ1n) is 6.76. The van der Waals surface area contributed by atoms with Gasteiger partial charge in [0.05, 0.1) is 18.6 Å². The molecule has 3 atom stereocenters. The fraction of sp³-hybridized carbons (Fsp3) is 0.917. The normalized spacial score (nSPS) is 35.2. The smallest absolute Gasteiger partial charge is 0.233 e. The van der Waals surface area contributed by atoms with Gasteiger partial charge in [-0.25, -0.2) is 8.42 Å². The molecule has 0 aromatic rings. The van der Waals surface area contributed by atoms with Gasteiger partial charge in [0.1, 0.15) is 5.37 Å². The van der Waals surface area contributed by atoms with Crippen LogP contribution in [0.1, 0.15) is 13.8 Å². The molecule has 6 nitrogen and oxygen atoms in total. The van der Waals surface area contributed by atoms with Crippen molar-refractivity contribution in [1.29, 1.82) is 0 Å². The minimum Gasteiger partial charge on any atom is -0.379 e. The number of nitrogens with two attached hydrogens (primary N) is 1. The standard InChI is InChI=1S/C12H22N2O4S2/c1-3-20(16,17)10-7-19-5-4-14(10)11(15)12(2)8-18-6-9(12)13/h9-10H,3-8,13H2,1-2H3. The number of thioether (sulfide) groups is 1. The third-order valence-electron chi connectivity index (χ3n) is 4.17. The zero-order valence-corrected chi connectivity index (χ0v) is 13.5. The van der Waals surface area contributed by atoms with Crippen LogP contribution in [-0.2, 0) is 19.4 Å². The summed E-state index contributed by atoms with van der Waals surface area (Å²) in [6, 6.07) is -0.380. The average molecular weight is 322 g/mol. The van der Waals surface area contributed by atoms with Crippen molar-refractivity contribution in [2.24, 2.45) is 11.1 Å². The maximum atomic E-state index is 12.8. The molecule has 0 aromatic carbocycles. The summed E-state index contributed by atoms with van der Waals surface area (Å²) in [5.41, 5.74) is 5.16. The van der Waals surface area contributed by atoms with Crippen LogP contribution >= 0.6 is 11.8 Å². The molecule has 8 heteroatoms. The van der Waals surface area contributed by atoms with Gasteiger partial charge in [-0.2, -0.15) is 11.8 Å². The summed E-state index contributed by atoms with van der Waals surface area (Å²) in [7, 11) is -3.29. The van der Waals surface area contributed by atoms with Crippen LogP contribution in [0, 0.1) is 5.41 Å². The second-order valence-electron chi connectivity index (χ2n) is 5.52. The zero-order chi connectivity index (χ0) is 15.0. The lowest BCUT2D eigenvalue weighted by atomic mass is 9.84. The lowest BCUT2D eigenvalue weighted by Crippen LogP contribution is -2.58. The van der Waals surface area contributed by atoms with Crippen LogP contribution in [0.3, 0.4) is 0 Å². The Morgan fingerprint density at radius 2 is 2.25 bits per heavy atom. The molecule has 116 valence electrons. The minimum atomic E-state index is -3.29. The van der Waals surface area contributed by atoms with E-state index in [1.165, 1.54) is 4.90 Å². The van der Waals surface area contributed by atoms with Crippen LogP contribution in [0.25, 0.3) is 0 Å². The van der Waals surface area contributed by atoms with Crippen molar-refractivity contribution < 1.29 is 17.9 Å². The van der Waals surface area contributed by atoms with Crippen LogP contribution in [0.5, 0.6) is 0 Å². The van der Waals surface area contributed by atoms with Gasteiger partial charge < -0.3 is 15.4 Å². The Bertz CT molecular complexity index is 482. The number of nitrogens with zero attached hydrogens (tertiary/aromatic N) is 1. The van der Waals surface area contributed by atoms with E-state index < -0.39 is 20.6 Å².